The fourth-order valence-corrected chi connectivity index (χ4v) is 5.00. The number of carbonyl (C=O) groups is 4. The summed E-state index contributed by atoms with van der Waals surface area (Å²) >= 11 is 0. The Bertz CT molecular complexity index is 1970. The van der Waals surface area contributed by atoms with Gasteiger partial charge in [0.05, 0.1) is 35.7 Å². The molecule has 3 aromatic carbocycles. The van der Waals surface area contributed by atoms with E-state index in [-0.39, 0.29) is 28.9 Å². The van der Waals surface area contributed by atoms with Crippen molar-refractivity contribution in [1.82, 2.24) is 4.98 Å². The molecule has 57 heavy (non-hydrogen) atoms. The topological polar surface area (TPSA) is 186 Å². The molecule has 1 heterocycles. The summed E-state index contributed by atoms with van der Waals surface area (Å²) < 4.78 is 5.10. The lowest BCUT2D eigenvalue weighted by Crippen LogP contribution is -2.03. The zero-order chi connectivity index (χ0) is 42.8. The number of carbonyl (C=O) groups excluding carboxylic acids is 4. The quantitative estimate of drug-likeness (QED) is 0.0678. The van der Waals surface area contributed by atoms with Gasteiger partial charge in [0.1, 0.15) is 34.6 Å². The monoisotopic (exact) mass is 778 g/mol. The van der Waals surface area contributed by atoms with Gasteiger partial charge in [-0.15, -0.1) is 0 Å². The molecule has 0 radical (unpaired) electrons. The lowest BCUT2D eigenvalue weighted by molar-refractivity contribution is -0.116. The molecule has 4 rings (SSSR count). The maximum atomic E-state index is 11.0. The summed E-state index contributed by atoms with van der Waals surface area (Å²) in [7, 11) is 0. The first-order valence-corrected chi connectivity index (χ1v) is 18.7. The Hall–Kier alpha value is -6.01. The SMILES string of the molecule is CC(=O)CC(C)=Nc1cccc2cccnc12.CC(=O)CC(C)=Nc1ccccc1N.CC(=O)CC(C)=Nc1ccccc1O.CCOCCN=C(C)CC(C)=O. The van der Waals surface area contributed by atoms with Gasteiger partial charge in [0.2, 0.25) is 0 Å². The summed E-state index contributed by atoms with van der Waals surface area (Å²) in [5.74, 6) is 0.602. The van der Waals surface area contributed by atoms with Gasteiger partial charge in [-0.3, -0.25) is 44.1 Å². The zero-order valence-electron chi connectivity index (χ0n) is 34.8. The normalized spacial score (nSPS) is 11.6. The number of ether oxygens (including phenoxy) is 1. The van der Waals surface area contributed by atoms with E-state index < -0.39 is 0 Å². The van der Waals surface area contributed by atoms with Gasteiger partial charge in [-0.1, -0.05) is 42.5 Å². The van der Waals surface area contributed by atoms with Crippen molar-refractivity contribution in [1.29, 1.82) is 0 Å². The molecular formula is C45H58N6O6. The predicted molar refractivity (Wildman–Crippen MR) is 235 cm³/mol. The van der Waals surface area contributed by atoms with Crippen LogP contribution < -0.4 is 5.73 Å². The number of Topliss-reactive ketones (excluding diaryl/α,β-unsaturated/α-hetero) is 4. The van der Waals surface area contributed by atoms with Crippen LogP contribution in [-0.2, 0) is 23.9 Å². The molecule has 4 aromatic rings. The number of nitrogens with two attached hydrogens (primary N) is 1. The Morgan fingerprint density at radius 3 is 1.58 bits per heavy atom. The van der Waals surface area contributed by atoms with Crippen LogP contribution in [0.25, 0.3) is 10.9 Å². The molecule has 1 aromatic heterocycles. The number of para-hydroxylation sites is 5. The molecule has 304 valence electrons. The smallest absolute Gasteiger partial charge is 0.141 e. The Labute approximate surface area is 337 Å². The van der Waals surface area contributed by atoms with Crippen LogP contribution in [-0.4, -0.2) is 75.8 Å². The minimum absolute atomic E-state index is 0.0710. The lowest BCUT2D eigenvalue weighted by Gasteiger charge is -2.02. The fourth-order valence-electron chi connectivity index (χ4n) is 5.00. The number of nitrogen functional groups attached to an aromatic ring is 1. The molecule has 0 atom stereocenters. The lowest BCUT2D eigenvalue weighted by atomic mass is 10.2. The second-order valence-electron chi connectivity index (χ2n) is 13.3. The van der Waals surface area contributed by atoms with Gasteiger partial charge in [0.25, 0.3) is 0 Å². The highest BCUT2D eigenvalue weighted by molar-refractivity contribution is 6.03. The van der Waals surface area contributed by atoms with E-state index in [2.05, 4.69) is 25.0 Å². The molecule has 0 amide bonds. The number of phenolic OH excluding ortho intramolecular Hbond substituents is 1. The number of aromatic hydroxyl groups is 1. The minimum atomic E-state index is 0.0710. The summed E-state index contributed by atoms with van der Waals surface area (Å²) in [6, 6.07) is 23.9. The van der Waals surface area contributed by atoms with E-state index in [9.17, 15) is 24.3 Å². The number of benzene rings is 3. The second-order valence-corrected chi connectivity index (χ2v) is 13.3. The molecule has 0 spiro atoms. The molecule has 0 aliphatic heterocycles. The number of pyridine rings is 1. The van der Waals surface area contributed by atoms with Crippen molar-refractivity contribution in [2.24, 2.45) is 20.0 Å². The Balaban J connectivity index is 0.000000383. The molecule has 0 aliphatic rings. The number of fused-ring (bicyclic) bond motifs is 1. The number of hydrogen-bond donors (Lipinski definition) is 2. The molecule has 0 fully saturated rings. The maximum Gasteiger partial charge on any atom is 0.141 e. The van der Waals surface area contributed by atoms with Gasteiger partial charge in [-0.25, -0.2) is 0 Å². The first-order chi connectivity index (χ1) is 27.0. The largest absolute Gasteiger partial charge is 0.506 e. The van der Waals surface area contributed by atoms with Crippen LogP contribution in [0, 0.1) is 0 Å². The Morgan fingerprint density at radius 2 is 1.05 bits per heavy atom. The highest BCUT2D eigenvalue weighted by Crippen LogP contribution is 2.26. The number of rotatable bonds is 15. The maximum absolute atomic E-state index is 11.0. The second kappa shape index (κ2) is 27.6. The standard InChI is InChI=1S/C14H14N2O.C11H14N2O.C11H13NO2.C9H17NO2/c1-10(9-11(2)17)16-13-7-3-5-12-6-4-8-15-14(12)13;1-8(7-9(2)14)13-11-6-4-3-5-10(11)12;1-8(7-9(2)13)12-10-5-3-4-6-11(10)14;1-4-12-6-5-10-8(2)7-9(3)11/h3-8H,9H2,1-2H3;3-6H,7,12H2,1-2H3;3-6,14H,7H2,1-2H3;4-7H2,1-3H3. The molecule has 0 saturated carbocycles. The molecule has 0 aliphatic carbocycles. The van der Waals surface area contributed by atoms with E-state index in [0.717, 1.165) is 46.0 Å². The number of ketones is 4. The highest BCUT2D eigenvalue weighted by Gasteiger charge is 2.04. The number of aliphatic imine (C=N–C) groups is 4. The van der Waals surface area contributed by atoms with E-state index in [1.165, 1.54) is 6.92 Å². The van der Waals surface area contributed by atoms with Crippen LogP contribution in [0.15, 0.2) is 105 Å². The van der Waals surface area contributed by atoms with Crippen LogP contribution in [0.4, 0.5) is 22.7 Å². The average Bonchev–Trinajstić information content (AvgIpc) is 3.12. The molecule has 0 saturated heterocycles. The first-order valence-electron chi connectivity index (χ1n) is 18.7. The van der Waals surface area contributed by atoms with E-state index in [1.54, 1.807) is 64.2 Å². The van der Waals surface area contributed by atoms with Crippen molar-refractivity contribution < 1.29 is 29.0 Å². The van der Waals surface area contributed by atoms with Crippen molar-refractivity contribution in [3.05, 3.63) is 85.1 Å². The van der Waals surface area contributed by atoms with Crippen molar-refractivity contribution in [2.45, 2.75) is 88.0 Å². The van der Waals surface area contributed by atoms with Crippen LogP contribution in [0.2, 0.25) is 0 Å². The van der Waals surface area contributed by atoms with E-state index in [0.29, 0.717) is 55.9 Å². The van der Waals surface area contributed by atoms with E-state index in [1.807, 2.05) is 76.2 Å². The van der Waals surface area contributed by atoms with Crippen LogP contribution in [0.1, 0.15) is 88.0 Å². The first kappa shape index (κ1) is 49.0. The molecule has 12 nitrogen and oxygen atoms in total. The molecule has 3 N–H and O–H groups in total. The molecule has 0 unspecified atom stereocenters. The highest BCUT2D eigenvalue weighted by atomic mass is 16.5. The predicted octanol–water partition coefficient (Wildman–Crippen LogP) is 9.57. The van der Waals surface area contributed by atoms with Crippen molar-refractivity contribution in [3.8, 4) is 5.75 Å². The number of phenols is 1. The molecule has 0 bridgehead atoms. The van der Waals surface area contributed by atoms with Gasteiger partial charge in [-0.2, -0.15) is 0 Å². The summed E-state index contributed by atoms with van der Waals surface area (Å²) in [5.41, 5.74) is 12.5. The Kier molecular flexibility index (Phi) is 23.7. The summed E-state index contributed by atoms with van der Waals surface area (Å²) in [6.45, 7) is 17.5. The molecular weight excluding hydrogens is 721 g/mol. The number of aromatic nitrogens is 1. The van der Waals surface area contributed by atoms with Gasteiger partial charge in [0, 0.05) is 66.7 Å². The van der Waals surface area contributed by atoms with Crippen LogP contribution in [0.5, 0.6) is 5.75 Å². The Morgan fingerprint density at radius 1 is 0.596 bits per heavy atom. The summed E-state index contributed by atoms with van der Waals surface area (Å²) in [5, 5.41) is 10.5. The van der Waals surface area contributed by atoms with Gasteiger partial charge >= 0.3 is 0 Å². The van der Waals surface area contributed by atoms with Crippen LogP contribution >= 0.6 is 0 Å². The van der Waals surface area contributed by atoms with Crippen LogP contribution in [0.3, 0.4) is 0 Å². The third-order valence-corrected chi connectivity index (χ3v) is 7.20. The van der Waals surface area contributed by atoms with Gasteiger partial charge in [-0.05, 0) is 98.7 Å². The van der Waals surface area contributed by atoms with Crippen molar-refractivity contribution in [3.63, 3.8) is 0 Å². The van der Waals surface area contributed by atoms with Gasteiger partial charge < -0.3 is 15.6 Å². The molecule has 12 heteroatoms. The van der Waals surface area contributed by atoms with E-state index in [4.69, 9.17) is 10.5 Å². The third kappa shape index (κ3) is 22.8. The minimum Gasteiger partial charge on any atom is -0.506 e. The van der Waals surface area contributed by atoms with Crippen molar-refractivity contribution >= 4 is 79.6 Å². The summed E-state index contributed by atoms with van der Waals surface area (Å²) in [6.07, 6.45) is 3.32. The summed E-state index contributed by atoms with van der Waals surface area (Å²) in [4.78, 5) is 64.6. The fraction of sp³-hybridized carbons (Fsp3) is 0.356. The van der Waals surface area contributed by atoms with E-state index >= 15 is 0 Å². The number of anilines is 1. The van der Waals surface area contributed by atoms with Gasteiger partial charge in [0.15, 0.2) is 0 Å². The zero-order valence-corrected chi connectivity index (χ0v) is 34.8. The number of hydrogen-bond acceptors (Lipinski definition) is 12. The number of nitrogens with zero attached hydrogens (tertiary/aromatic N) is 5. The van der Waals surface area contributed by atoms with Crippen molar-refractivity contribution in [2.75, 3.05) is 25.5 Å². The third-order valence-electron chi connectivity index (χ3n) is 7.20. The average molecular weight is 779 g/mol.